The van der Waals surface area contributed by atoms with E-state index >= 15 is 0 Å². The van der Waals surface area contributed by atoms with Gasteiger partial charge >= 0.3 is 0 Å². The van der Waals surface area contributed by atoms with Gasteiger partial charge in [0.1, 0.15) is 34.8 Å². The zero-order valence-corrected chi connectivity index (χ0v) is 56.8. The Labute approximate surface area is 567 Å². The normalized spacial score (nSPS) is 16.2. The summed E-state index contributed by atoms with van der Waals surface area (Å²) in [6.45, 7) is 18.9. The van der Waals surface area contributed by atoms with Crippen LogP contribution in [0.15, 0.2) is 85.7 Å². The van der Waals surface area contributed by atoms with Gasteiger partial charge < -0.3 is 66.7 Å². The topological polar surface area (TPSA) is 247 Å². The molecule has 21 nitrogen and oxygen atoms in total. The summed E-state index contributed by atoms with van der Waals surface area (Å²) >= 11 is 22.0. The summed E-state index contributed by atoms with van der Waals surface area (Å²) in [4.78, 5) is 51.4. The first-order chi connectivity index (χ1) is 42.8. The zero-order valence-electron chi connectivity index (χ0n) is 53.8. The number of nitrogens with zero attached hydrogens (tertiary/aromatic N) is 9. The first-order valence-electron chi connectivity index (χ1n) is 29.4. The number of methoxy groups -OCH3 is 2. The van der Waals surface area contributed by atoms with Crippen LogP contribution in [0.5, 0.6) is 11.5 Å². The molecule has 2 aliphatic rings. The van der Waals surface area contributed by atoms with E-state index in [0.29, 0.717) is 104 Å². The molecule has 2 saturated heterocycles. The lowest BCUT2D eigenvalue weighted by molar-refractivity contribution is -0.112. The number of likely N-dealkylation sites (tertiary alicyclic amines) is 1. The van der Waals surface area contributed by atoms with E-state index in [1.807, 2.05) is 25.2 Å². The molecule has 0 bridgehead atoms. The van der Waals surface area contributed by atoms with E-state index < -0.39 is 22.8 Å². The molecule has 0 radical (unpaired) electrons. The van der Waals surface area contributed by atoms with Crippen molar-refractivity contribution in [2.75, 3.05) is 130 Å². The van der Waals surface area contributed by atoms with Gasteiger partial charge in [-0.2, -0.15) is 9.97 Å². The van der Waals surface area contributed by atoms with Crippen LogP contribution >= 0.6 is 46.4 Å². The lowest BCUT2D eigenvalue weighted by atomic mass is 9.96. The average molecular weight is 1370 g/mol. The van der Waals surface area contributed by atoms with E-state index in [1.165, 1.54) is 30.3 Å². The number of ether oxygens (including phenoxy) is 2. The van der Waals surface area contributed by atoms with Crippen LogP contribution in [-0.4, -0.2) is 156 Å². The Morgan fingerprint density at radius 2 is 1.22 bits per heavy atom. The van der Waals surface area contributed by atoms with Crippen LogP contribution in [0.2, 0.25) is 10.0 Å². The van der Waals surface area contributed by atoms with Crippen molar-refractivity contribution < 1.29 is 38.1 Å². The molecule has 27 heteroatoms. The van der Waals surface area contributed by atoms with Gasteiger partial charge in [0.25, 0.3) is 0 Å². The minimum atomic E-state index is -1.35. The molecule has 0 saturated carbocycles. The summed E-state index contributed by atoms with van der Waals surface area (Å²) in [5, 5.41) is 36.2. The summed E-state index contributed by atoms with van der Waals surface area (Å²) < 4.78 is 39.9. The molecule has 4 aromatic carbocycles. The Morgan fingerprint density at radius 1 is 0.720 bits per heavy atom. The number of halogens is 6. The van der Waals surface area contributed by atoms with Crippen molar-refractivity contribution in [2.45, 2.75) is 98.9 Å². The van der Waals surface area contributed by atoms with E-state index in [0.717, 1.165) is 57.1 Å². The first kappa shape index (κ1) is 78.4. The van der Waals surface area contributed by atoms with E-state index in [2.05, 4.69) is 120 Å². The Hall–Kier alpha value is -7.06. The Bertz CT molecular complexity index is 3490. The maximum atomic E-state index is 14.2. The number of alkyl halides is 1. The molecule has 0 unspecified atom stereocenters. The largest absolute Gasteiger partial charge is 0.494 e. The molecule has 1 amide bonds. The molecule has 510 valence electrons. The number of nitrogen functional groups attached to an aromatic ring is 1. The van der Waals surface area contributed by atoms with Crippen LogP contribution in [0, 0.1) is 23.5 Å². The first-order valence-corrected chi connectivity index (χ1v) is 31.0. The van der Waals surface area contributed by atoms with Gasteiger partial charge in [0.2, 0.25) is 23.0 Å². The third-order valence-electron chi connectivity index (χ3n) is 14.8. The van der Waals surface area contributed by atoms with Gasteiger partial charge in [0.15, 0.2) is 0 Å². The highest BCUT2D eigenvalue weighted by Gasteiger charge is 2.34. The van der Waals surface area contributed by atoms with E-state index in [1.54, 1.807) is 72.5 Å². The summed E-state index contributed by atoms with van der Waals surface area (Å²) in [5.74, 6) is 2.30. The maximum Gasteiger partial charge on any atom is 0.247 e. The SMILES string of the molecule is C.C.C=CC(=O)Nc1cc(Nc2nccc(Nc3cc(Cl)c(F)cc3C(C)(C)O)n2)c(OC)cc1N(C)C[C@H]1C[C@@H](C)CN1CN(C)C.COc1cc(N2C[C@@H](C)C[C@@H]2CN(C)C)c(N)cc1Nc1nccc(Nc2cc(Cl)c(F)cc2C(C)(C)O)n1.O=C(Cl)CCCl. The molecule has 6 aromatic rings. The van der Waals surface area contributed by atoms with Crippen molar-refractivity contribution in [3.63, 3.8) is 0 Å². The molecule has 0 aliphatic carbocycles. The van der Waals surface area contributed by atoms with E-state index in [-0.39, 0.29) is 48.4 Å². The van der Waals surface area contributed by atoms with Crippen LogP contribution in [-0.2, 0) is 20.8 Å². The molecule has 4 atom stereocenters. The highest BCUT2D eigenvalue weighted by molar-refractivity contribution is 6.63. The van der Waals surface area contributed by atoms with Crippen LogP contribution in [0.4, 0.5) is 77.8 Å². The Balaban J connectivity index is 0.000000361. The second kappa shape index (κ2) is 34.9. The van der Waals surface area contributed by atoms with Gasteiger partial charge in [-0.25, -0.2) is 18.7 Å². The fraction of sp³-hybridized carbons (Fsp3) is 0.455. The fourth-order valence-corrected chi connectivity index (χ4v) is 11.5. The maximum absolute atomic E-state index is 14.2. The molecule has 2 aliphatic heterocycles. The second-order valence-electron chi connectivity index (χ2n) is 24.2. The highest BCUT2D eigenvalue weighted by Crippen LogP contribution is 2.43. The van der Waals surface area contributed by atoms with Crippen molar-refractivity contribution in [1.29, 1.82) is 0 Å². The molecule has 8 rings (SSSR count). The predicted octanol–water partition coefficient (Wildman–Crippen LogP) is 13.8. The molecule has 93 heavy (non-hydrogen) atoms. The number of rotatable bonds is 24. The van der Waals surface area contributed by atoms with Gasteiger partial charge in [0.05, 0.1) is 76.3 Å². The van der Waals surface area contributed by atoms with Crippen molar-refractivity contribution in [3.8, 4) is 11.5 Å². The van der Waals surface area contributed by atoms with Crippen molar-refractivity contribution >= 4 is 127 Å². The molecule has 0 spiro atoms. The number of benzene rings is 4. The number of aromatic nitrogens is 4. The number of hydrogen-bond donors (Lipinski definition) is 8. The summed E-state index contributed by atoms with van der Waals surface area (Å²) in [7, 11) is 13.5. The standard InChI is InChI=1S/C33H44ClFN8O3.C28H37ClFN7O2.C3H4Cl2O.2CH4/c1-9-31(44)38-26-15-27(29(46-8)16-28(26)42(7)18-21-12-20(2)17-43(21)19-41(5)6)39-32-36-11-10-30(40-32)37-25-14-23(34)24(35)13-22(25)33(3,4)45;1-16-9-17(15-36(4)5)37(14-16)24-13-25(39-6)23(12-21(24)31)34-27-32-8-7-26(35-27)33-22-11-19(29)20(30)10-18(22)28(2,3)38;4-2-1-3(5)6;;/h9-11,13-16,20-21,45H,1,12,17-19H2,2-8H3,(H,38,44)(H2,36,37,39,40);7-8,10-13,16-17,38H,9,14-15,31H2,1-6H3,(H2,32,33,34,35);1-2H2;2*1H4/t20-,21-;16-,17+;;;/m10.../s1. The molecule has 2 aromatic heterocycles. The molecular formula is C66H93Cl4F2N15O6. The summed E-state index contributed by atoms with van der Waals surface area (Å²) in [6.07, 6.45) is 6.79. The van der Waals surface area contributed by atoms with Crippen molar-refractivity contribution in [3.05, 3.63) is 119 Å². The Morgan fingerprint density at radius 3 is 1.67 bits per heavy atom. The quantitative estimate of drug-likeness (QED) is 0.0121. The zero-order chi connectivity index (χ0) is 67.2. The predicted molar refractivity (Wildman–Crippen MR) is 379 cm³/mol. The minimum absolute atomic E-state index is 0. The lowest BCUT2D eigenvalue weighted by Crippen LogP contribution is -2.43. The lowest BCUT2D eigenvalue weighted by Gasteiger charge is -2.32. The fourth-order valence-electron chi connectivity index (χ4n) is 10.8. The highest BCUT2D eigenvalue weighted by atomic mass is 35.5. The number of likely N-dealkylation sites (N-methyl/N-ethyl adjacent to an activating group) is 2. The van der Waals surface area contributed by atoms with E-state index in [9.17, 15) is 28.6 Å². The van der Waals surface area contributed by atoms with Crippen LogP contribution in [0.25, 0.3) is 0 Å². The number of aliphatic hydroxyl groups is 2. The van der Waals surface area contributed by atoms with Gasteiger partial charge in [0, 0.05) is 105 Å². The number of carbonyl (C=O) groups excluding carboxylic acids is 2. The van der Waals surface area contributed by atoms with Gasteiger partial charge in [-0.15, -0.1) is 11.6 Å². The van der Waals surface area contributed by atoms with Crippen molar-refractivity contribution in [2.24, 2.45) is 11.8 Å². The Kier molecular flexibility index (Phi) is 29.4. The smallest absolute Gasteiger partial charge is 0.247 e. The molecule has 4 heterocycles. The van der Waals surface area contributed by atoms with Gasteiger partial charge in [-0.05, 0) is 147 Å². The third-order valence-corrected chi connectivity index (χ3v) is 15.7. The van der Waals surface area contributed by atoms with Crippen molar-refractivity contribution in [1.82, 2.24) is 34.6 Å². The second-order valence-corrected chi connectivity index (χ2v) is 25.8. The van der Waals surface area contributed by atoms with Crippen LogP contribution in [0.1, 0.15) is 86.8 Å². The minimum Gasteiger partial charge on any atom is -0.494 e. The average Bonchev–Trinajstić information content (AvgIpc) is 1.76. The molecule has 9 N–H and O–H groups in total. The third kappa shape index (κ3) is 22.3. The van der Waals surface area contributed by atoms with Crippen LogP contribution < -0.4 is 51.6 Å². The summed E-state index contributed by atoms with van der Waals surface area (Å²) in [5.41, 5.74) is 9.41. The number of nitrogens with two attached hydrogens (primary N) is 1. The number of carbonyl (C=O) groups is 2. The number of amides is 1. The van der Waals surface area contributed by atoms with Gasteiger partial charge in [-0.1, -0.05) is 58.5 Å². The van der Waals surface area contributed by atoms with E-state index in [4.69, 9.17) is 61.6 Å². The van der Waals surface area contributed by atoms with Gasteiger partial charge in [-0.3, -0.25) is 19.4 Å². The summed E-state index contributed by atoms with van der Waals surface area (Å²) in [6, 6.07) is 16.6. The molecular weight excluding hydrogens is 1280 g/mol. The molecule has 2 fully saturated rings. The van der Waals surface area contributed by atoms with Crippen LogP contribution in [0.3, 0.4) is 0 Å². The number of nitrogens with one attached hydrogen (secondary N) is 5. The number of anilines is 12. The number of hydrogen-bond acceptors (Lipinski definition) is 20. The monoisotopic (exact) mass is 1370 g/mol.